The van der Waals surface area contributed by atoms with E-state index in [-0.39, 0.29) is 0 Å². The summed E-state index contributed by atoms with van der Waals surface area (Å²) in [4.78, 5) is 0. The first-order valence-corrected chi connectivity index (χ1v) is 24.8. The fraction of sp³-hybridized carbons (Fsp3) is 0. The van der Waals surface area contributed by atoms with Crippen LogP contribution in [0.25, 0.3) is 86.3 Å². The fourth-order valence-electron chi connectivity index (χ4n) is 10.8. The smallest absolute Gasteiger partial charge is 0.179 e. The number of fused-ring (bicyclic) bond motifs is 9. The Bertz CT molecular complexity index is 3790. The van der Waals surface area contributed by atoms with Gasteiger partial charge in [0.1, 0.15) is 0 Å². The van der Waals surface area contributed by atoms with Gasteiger partial charge in [-0.3, -0.25) is 0 Å². The monoisotopic (exact) mass is 848 g/mol. The molecule has 0 atom stereocenters. The highest BCUT2D eigenvalue weighted by atomic mass is 32.1. The summed E-state index contributed by atoms with van der Waals surface area (Å²) in [5, 5.41) is 13.1. The average Bonchev–Trinajstić information content (AvgIpc) is 4.03. The van der Waals surface area contributed by atoms with Crippen LogP contribution in [0.5, 0.6) is 0 Å². The summed E-state index contributed by atoms with van der Waals surface area (Å²) in [6.45, 7) is 0. The lowest BCUT2D eigenvalue weighted by Crippen LogP contribution is -2.74. The molecule has 0 spiro atoms. The van der Waals surface area contributed by atoms with Crippen LogP contribution in [0, 0.1) is 0 Å². The van der Waals surface area contributed by atoms with Gasteiger partial charge >= 0.3 is 0 Å². The summed E-state index contributed by atoms with van der Waals surface area (Å²) >= 11 is 1.87. The van der Waals surface area contributed by atoms with Crippen molar-refractivity contribution in [2.45, 2.75) is 0 Å². The second kappa shape index (κ2) is 14.7. The van der Waals surface area contributed by atoms with Crippen molar-refractivity contribution in [3.8, 4) is 22.5 Å². The van der Waals surface area contributed by atoms with Crippen LogP contribution >= 0.6 is 11.3 Å². The van der Waals surface area contributed by atoms with E-state index in [0.717, 1.165) is 5.69 Å². The molecule has 64 heavy (non-hydrogen) atoms. The van der Waals surface area contributed by atoms with Gasteiger partial charge in [-0.05, 0) is 80.9 Å². The van der Waals surface area contributed by atoms with E-state index in [1.165, 1.54) is 101 Å². The molecule has 3 aromatic heterocycles. The number of hydrogen-bond acceptors (Lipinski definition) is 1. The normalized spacial score (nSPS) is 12.1. The van der Waals surface area contributed by atoms with Gasteiger partial charge in [0.2, 0.25) is 0 Å². The van der Waals surface area contributed by atoms with Gasteiger partial charge in [0.15, 0.2) is 8.07 Å². The number of rotatable bonds is 7. The van der Waals surface area contributed by atoms with E-state index in [2.05, 4.69) is 252 Å². The largest absolute Gasteiger partial charge is 0.309 e. The second-order valence-corrected chi connectivity index (χ2v) is 21.7. The molecule has 0 bridgehead atoms. The van der Waals surface area contributed by atoms with Gasteiger partial charge in [0.05, 0.1) is 27.8 Å². The zero-order valence-corrected chi connectivity index (χ0v) is 36.7. The molecule has 0 unspecified atom stereocenters. The molecule has 0 radical (unpaired) electrons. The first-order valence-electron chi connectivity index (χ1n) is 22.0. The van der Waals surface area contributed by atoms with Gasteiger partial charge < -0.3 is 9.13 Å². The van der Waals surface area contributed by atoms with Gasteiger partial charge in [0.25, 0.3) is 0 Å². The highest BCUT2D eigenvalue weighted by molar-refractivity contribution is 7.25. The molecule has 3 heterocycles. The minimum Gasteiger partial charge on any atom is -0.309 e. The van der Waals surface area contributed by atoms with Gasteiger partial charge in [0, 0.05) is 53.0 Å². The van der Waals surface area contributed by atoms with E-state index in [1.807, 2.05) is 11.3 Å². The predicted molar refractivity (Wildman–Crippen MR) is 277 cm³/mol. The quantitative estimate of drug-likeness (QED) is 0.112. The Balaban J connectivity index is 1.04. The highest BCUT2D eigenvalue weighted by Gasteiger charge is 2.41. The van der Waals surface area contributed by atoms with Gasteiger partial charge in [-0.25, -0.2) is 0 Å². The van der Waals surface area contributed by atoms with E-state index >= 15 is 0 Å². The van der Waals surface area contributed by atoms with E-state index < -0.39 is 8.07 Å². The van der Waals surface area contributed by atoms with Crippen molar-refractivity contribution < 1.29 is 0 Å². The lowest BCUT2D eigenvalue weighted by atomic mass is 10.00. The third-order valence-corrected chi connectivity index (χ3v) is 19.4. The summed E-state index contributed by atoms with van der Waals surface area (Å²) in [6, 6.07) is 90.4. The molecule has 300 valence electrons. The molecule has 0 saturated carbocycles. The van der Waals surface area contributed by atoms with Crippen molar-refractivity contribution in [2.75, 3.05) is 0 Å². The molecule has 13 aromatic rings. The Kier molecular flexibility index (Phi) is 8.45. The predicted octanol–water partition coefficient (Wildman–Crippen LogP) is 13.3. The molecular formula is C60H40N2SSi. The Morgan fingerprint density at radius 3 is 1.53 bits per heavy atom. The first-order chi connectivity index (χ1) is 31.8. The fourth-order valence-corrected chi connectivity index (χ4v) is 16.6. The standard InChI is InChI=1S/C60H40N2SSi/c1-4-18-43(19-5-1)64(44-20-6-2-7-21-44,45-22-8-3-9-23-45)46-37-35-42(36-38-46)61-54-30-14-11-26-51(54)59-55(61)31-17-32-56(59)62-53-29-13-10-24-48(53)50-28-16-27-47(60(50)62)41-34-39-58-52(40-41)49-25-12-15-33-57(49)63-58/h1-40H. The van der Waals surface area contributed by atoms with Crippen molar-refractivity contribution in [1.82, 2.24) is 9.13 Å². The second-order valence-electron chi connectivity index (χ2n) is 16.8. The summed E-state index contributed by atoms with van der Waals surface area (Å²) < 4.78 is 7.65. The molecule has 4 heteroatoms. The van der Waals surface area contributed by atoms with Crippen LogP contribution in [0.15, 0.2) is 243 Å². The summed E-state index contributed by atoms with van der Waals surface area (Å²) in [7, 11) is -2.68. The Morgan fingerprint density at radius 2 is 0.844 bits per heavy atom. The molecule has 0 aliphatic rings. The molecule has 0 amide bonds. The van der Waals surface area contributed by atoms with Crippen LogP contribution in [-0.4, -0.2) is 17.2 Å². The molecule has 0 fully saturated rings. The molecule has 0 N–H and O–H groups in total. The third kappa shape index (κ3) is 5.43. The molecule has 13 rings (SSSR count). The minimum atomic E-state index is -2.68. The van der Waals surface area contributed by atoms with Crippen LogP contribution in [0.3, 0.4) is 0 Å². The third-order valence-electron chi connectivity index (χ3n) is 13.5. The Morgan fingerprint density at radius 1 is 0.328 bits per heavy atom. The van der Waals surface area contributed by atoms with Gasteiger partial charge in [-0.2, -0.15) is 0 Å². The Labute approximate surface area is 376 Å². The van der Waals surface area contributed by atoms with Crippen LogP contribution in [0.2, 0.25) is 0 Å². The molecule has 0 aliphatic heterocycles. The van der Waals surface area contributed by atoms with Crippen molar-refractivity contribution in [3.63, 3.8) is 0 Å². The first kappa shape index (κ1) is 36.9. The van der Waals surface area contributed by atoms with Crippen LogP contribution in [0.4, 0.5) is 0 Å². The zero-order chi connectivity index (χ0) is 42.2. The van der Waals surface area contributed by atoms with E-state index in [4.69, 9.17) is 0 Å². The molecule has 2 nitrogen and oxygen atoms in total. The van der Waals surface area contributed by atoms with E-state index in [0.29, 0.717) is 0 Å². The summed E-state index contributed by atoms with van der Waals surface area (Å²) in [5.74, 6) is 0. The Hall–Kier alpha value is -7.76. The lowest BCUT2D eigenvalue weighted by Gasteiger charge is -2.34. The van der Waals surface area contributed by atoms with Crippen molar-refractivity contribution in [2.24, 2.45) is 0 Å². The topological polar surface area (TPSA) is 9.86 Å². The number of para-hydroxylation sites is 3. The number of aromatic nitrogens is 2. The van der Waals surface area contributed by atoms with Crippen LogP contribution in [-0.2, 0) is 0 Å². The highest BCUT2D eigenvalue weighted by Crippen LogP contribution is 2.44. The number of benzene rings is 10. The average molecular weight is 849 g/mol. The van der Waals surface area contributed by atoms with E-state index in [1.54, 1.807) is 0 Å². The van der Waals surface area contributed by atoms with Gasteiger partial charge in [-0.15, -0.1) is 11.3 Å². The lowest BCUT2D eigenvalue weighted by molar-refractivity contribution is 1.17. The maximum absolute atomic E-state index is 2.68. The van der Waals surface area contributed by atoms with Crippen LogP contribution in [0.1, 0.15) is 0 Å². The summed E-state index contributed by atoms with van der Waals surface area (Å²) in [6.07, 6.45) is 0. The zero-order valence-electron chi connectivity index (χ0n) is 34.9. The number of nitrogens with zero attached hydrogens (tertiary/aromatic N) is 2. The SMILES string of the molecule is c1ccc([Si](c2ccccc2)(c2ccccc2)c2ccc(-n3c4ccccc4c4c(-n5c6ccccc6c6cccc(-c7ccc8sc9ccccc9c8c7)c65)cccc43)cc2)cc1. The van der Waals surface area contributed by atoms with Crippen LogP contribution < -0.4 is 20.7 Å². The molecular weight excluding hydrogens is 809 g/mol. The van der Waals surface area contributed by atoms with Crippen molar-refractivity contribution in [3.05, 3.63) is 243 Å². The molecule has 0 aliphatic carbocycles. The molecule has 10 aromatic carbocycles. The maximum Gasteiger partial charge on any atom is 0.179 e. The van der Waals surface area contributed by atoms with Crippen molar-refractivity contribution >= 4 is 104 Å². The van der Waals surface area contributed by atoms with Gasteiger partial charge in [-0.1, -0.05) is 188 Å². The summed E-state index contributed by atoms with van der Waals surface area (Å²) in [5.41, 5.74) is 9.55. The van der Waals surface area contributed by atoms with E-state index in [9.17, 15) is 0 Å². The number of hydrogen-bond donors (Lipinski definition) is 0. The van der Waals surface area contributed by atoms with Crippen molar-refractivity contribution in [1.29, 1.82) is 0 Å². The molecule has 0 saturated heterocycles. The maximum atomic E-state index is 2.54. The number of thiophene rings is 1. The minimum absolute atomic E-state index is 1.14.